The lowest BCUT2D eigenvalue weighted by Crippen LogP contribution is -2.25. The molecule has 0 aliphatic carbocycles. The second-order valence-corrected chi connectivity index (χ2v) is 6.71. The zero-order valence-electron chi connectivity index (χ0n) is 17.8. The Bertz CT molecular complexity index is 1090. The van der Waals surface area contributed by atoms with Crippen LogP contribution in [-0.4, -0.2) is 56.5 Å². The summed E-state index contributed by atoms with van der Waals surface area (Å²) in [6.07, 6.45) is 3.43. The molecule has 3 aromatic rings. The summed E-state index contributed by atoms with van der Waals surface area (Å²) in [5.41, 5.74) is 1.17. The molecule has 1 amide bonds. The van der Waals surface area contributed by atoms with E-state index in [-0.39, 0.29) is 5.91 Å². The number of amidine groups is 1. The van der Waals surface area contributed by atoms with Crippen molar-refractivity contribution < 1.29 is 19.0 Å². The van der Waals surface area contributed by atoms with Crippen molar-refractivity contribution in [3.63, 3.8) is 0 Å². The van der Waals surface area contributed by atoms with Crippen LogP contribution in [0.4, 0.5) is 0 Å². The van der Waals surface area contributed by atoms with Crippen molar-refractivity contribution in [2.24, 2.45) is 4.99 Å². The second-order valence-electron chi connectivity index (χ2n) is 6.71. The van der Waals surface area contributed by atoms with E-state index in [2.05, 4.69) is 9.98 Å². The number of benzene rings is 2. The van der Waals surface area contributed by atoms with Gasteiger partial charge < -0.3 is 19.1 Å². The number of hydrogen-bond donors (Lipinski definition) is 0. The number of aliphatic imine (C=N–C) groups is 1. The standard InChI is InChI=1S/C23H25N3O4/c1-6-30-17-9-7-8-15(10-17)23(27)25-22(26(2)3)19-14-24-13-16-11-20(28-4)21(29-5)12-18(16)19/h7-14H,6H2,1-5H3. The molecule has 7 nitrogen and oxygen atoms in total. The number of carbonyl (C=O) groups is 1. The molecule has 0 fully saturated rings. The van der Waals surface area contributed by atoms with E-state index in [4.69, 9.17) is 14.2 Å². The maximum absolute atomic E-state index is 12.9. The number of rotatable bonds is 6. The first-order valence-corrected chi connectivity index (χ1v) is 9.51. The van der Waals surface area contributed by atoms with Crippen molar-refractivity contribution in [2.75, 3.05) is 34.9 Å². The Kier molecular flexibility index (Phi) is 6.51. The number of carbonyl (C=O) groups excluding carboxylic acids is 1. The van der Waals surface area contributed by atoms with Gasteiger partial charge in [-0.1, -0.05) is 6.07 Å². The molecule has 0 spiro atoms. The van der Waals surface area contributed by atoms with Crippen LogP contribution in [0.25, 0.3) is 10.8 Å². The quantitative estimate of drug-likeness (QED) is 0.457. The van der Waals surface area contributed by atoms with Gasteiger partial charge in [-0.3, -0.25) is 9.78 Å². The highest BCUT2D eigenvalue weighted by Gasteiger charge is 2.17. The normalized spacial score (nSPS) is 11.3. The maximum Gasteiger partial charge on any atom is 0.279 e. The number of amides is 1. The summed E-state index contributed by atoms with van der Waals surface area (Å²) in [4.78, 5) is 23.4. The lowest BCUT2D eigenvalue weighted by Gasteiger charge is -2.18. The maximum atomic E-state index is 12.9. The zero-order valence-corrected chi connectivity index (χ0v) is 17.8. The van der Waals surface area contributed by atoms with Crippen LogP contribution in [0.1, 0.15) is 22.8 Å². The van der Waals surface area contributed by atoms with Gasteiger partial charge in [-0.2, -0.15) is 4.99 Å². The van der Waals surface area contributed by atoms with Crippen LogP contribution in [0.2, 0.25) is 0 Å². The molecule has 0 bridgehead atoms. The number of methoxy groups -OCH3 is 2. The Morgan fingerprint density at radius 2 is 1.80 bits per heavy atom. The molecule has 3 rings (SSSR count). The van der Waals surface area contributed by atoms with Gasteiger partial charge in [0.1, 0.15) is 11.6 Å². The molecule has 0 saturated heterocycles. The fourth-order valence-corrected chi connectivity index (χ4v) is 3.12. The molecule has 0 radical (unpaired) electrons. The van der Waals surface area contributed by atoms with Crippen LogP contribution in [0.15, 0.2) is 53.8 Å². The van der Waals surface area contributed by atoms with Gasteiger partial charge in [0.15, 0.2) is 11.5 Å². The third-order valence-corrected chi connectivity index (χ3v) is 4.53. The first-order chi connectivity index (χ1) is 14.5. The van der Waals surface area contributed by atoms with Crippen molar-refractivity contribution in [1.29, 1.82) is 0 Å². The molecule has 0 aliphatic rings. The van der Waals surface area contributed by atoms with Gasteiger partial charge >= 0.3 is 0 Å². The highest BCUT2D eigenvalue weighted by Crippen LogP contribution is 2.33. The lowest BCUT2D eigenvalue weighted by atomic mass is 10.1. The largest absolute Gasteiger partial charge is 0.494 e. The van der Waals surface area contributed by atoms with E-state index in [1.165, 1.54) is 0 Å². The molecule has 0 saturated carbocycles. The highest BCUT2D eigenvalue weighted by atomic mass is 16.5. The van der Waals surface area contributed by atoms with E-state index in [9.17, 15) is 4.79 Å². The average Bonchev–Trinajstić information content (AvgIpc) is 2.76. The molecule has 0 N–H and O–H groups in total. The number of aromatic nitrogens is 1. The van der Waals surface area contributed by atoms with Gasteiger partial charge in [-0.05, 0) is 42.6 Å². The molecule has 2 aromatic carbocycles. The Labute approximate surface area is 175 Å². The molecular formula is C23H25N3O4. The summed E-state index contributed by atoms with van der Waals surface area (Å²) in [6, 6.07) is 10.7. The smallest absolute Gasteiger partial charge is 0.279 e. The summed E-state index contributed by atoms with van der Waals surface area (Å²) in [7, 11) is 6.84. The monoisotopic (exact) mass is 407 g/mol. The number of pyridine rings is 1. The van der Waals surface area contributed by atoms with E-state index >= 15 is 0 Å². The third-order valence-electron chi connectivity index (χ3n) is 4.53. The van der Waals surface area contributed by atoms with E-state index in [0.717, 1.165) is 10.8 Å². The first-order valence-electron chi connectivity index (χ1n) is 9.51. The molecular weight excluding hydrogens is 382 g/mol. The predicted molar refractivity (Wildman–Crippen MR) is 117 cm³/mol. The van der Waals surface area contributed by atoms with Gasteiger partial charge in [0.05, 0.1) is 20.8 Å². The van der Waals surface area contributed by atoms with Crippen LogP contribution in [-0.2, 0) is 0 Å². The summed E-state index contributed by atoms with van der Waals surface area (Å²) in [5.74, 6) is 1.96. The van der Waals surface area contributed by atoms with Crippen molar-refractivity contribution in [2.45, 2.75) is 6.92 Å². The summed E-state index contributed by atoms with van der Waals surface area (Å²) in [6.45, 7) is 2.42. The second kappa shape index (κ2) is 9.26. The fraction of sp³-hybridized carbons (Fsp3) is 0.261. The molecule has 1 aromatic heterocycles. The van der Waals surface area contributed by atoms with Crippen molar-refractivity contribution >= 4 is 22.5 Å². The first kappa shape index (κ1) is 21.1. The Balaban J connectivity index is 2.11. The molecule has 0 unspecified atom stereocenters. The topological polar surface area (TPSA) is 73.2 Å². The molecule has 1 heterocycles. The SMILES string of the molecule is CCOc1cccc(C(=O)N=C(c2cncc3cc(OC)c(OC)cc23)N(C)C)c1. The minimum atomic E-state index is -0.363. The van der Waals surface area contributed by atoms with Gasteiger partial charge in [0.25, 0.3) is 5.91 Å². The van der Waals surface area contributed by atoms with Crippen molar-refractivity contribution in [1.82, 2.24) is 9.88 Å². The van der Waals surface area contributed by atoms with Crippen LogP contribution < -0.4 is 14.2 Å². The minimum absolute atomic E-state index is 0.363. The molecule has 7 heteroatoms. The molecule has 0 aliphatic heterocycles. The van der Waals surface area contributed by atoms with Gasteiger partial charge in [0, 0.05) is 43.0 Å². The predicted octanol–water partition coefficient (Wildman–Crippen LogP) is 3.80. The Morgan fingerprint density at radius 3 is 2.47 bits per heavy atom. The summed E-state index contributed by atoms with van der Waals surface area (Å²) >= 11 is 0. The van der Waals surface area contributed by atoms with Crippen molar-refractivity contribution in [3.05, 3.63) is 59.9 Å². The Morgan fingerprint density at radius 1 is 1.07 bits per heavy atom. The van der Waals surface area contributed by atoms with Crippen LogP contribution in [0, 0.1) is 0 Å². The van der Waals surface area contributed by atoms with E-state index in [1.54, 1.807) is 49.7 Å². The van der Waals surface area contributed by atoms with Crippen molar-refractivity contribution in [3.8, 4) is 17.2 Å². The van der Waals surface area contributed by atoms with E-state index < -0.39 is 0 Å². The molecule has 30 heavy (non-hydrogen) atoms. The van der Waals surface area contributed by atoms with Crippen LogP contribution in [0.5, 0.6) is 17.2 Å². The minimum Gasteiger partial charge on any atom is -0.494 e. The summed E-state index contributed by atoms with van der Waals surface area (Å²) in [5, 5.41) is 1.71. The van der Waals surface area contributed by atoms with Crippen LogP contribution >= 0.6 is 0 Å². The highest BCUT2D eigenvalue weighted by molar-refractivity contribution is 6.15. The average molecular weight is 407 g/mol. The fourth-order valence-electron chi connectivity index (χ4n) is 3.12. The number of nitrogens with zero attached hydrogens (tertiary/aromatic N) is 3. The van der Waals surface area contributed by atoms with Gasteiger partial charge in [0.2, 0.25) is 0 Å². The lowest BCUT2D eigenvalue weighted by molar-refractivity contribution is 0.100. The number of ether oxygens (including phenoxy) is 3. The molecule has 156 valence electrons. The molecule has 0 atom stereocenters. The summed E-state index contributed by atoms with van der Waals surface area (Å²) < 4.78 is 16.3. The third kappa shape index (κ3) is 4.35. The van der Waals surface area contributed by atoms with E-state index in [0.29, 0.717) is 40.8 Å². The van der Waals surface area contributed by atoms with E-state index in [1.807, 2.05) is 39.2 Å². The number of hydrogen-bond acceptors (Lipinski definition) is 5. The Hall–Kier alpha value is -3.61. The van der Waals surface area contributed by atoms with Gasteiger partial charge in [-0.25, -0.2) is 0 Å². The van der Waals surface area contributed by atoms with Crippen LogP contribution in [0.3, 0.4) is 0 Å². The van der Waals surface area contributed by atoms with Gasteiger partial charge in [-0.15, -0.1) is 0 Å². The zero-order chi connectivity index (χ0) is 21.7. The number of fused-ring (bicyclic) bond motifs is 1.